The van der Waals surface area contributed by atoms with Crippen LogP contribution in [-0.2, 0) is 4.79 Å². The molecule has 0 aromatic heterocycles. The molecule has 26 heavy (non-hydrogen) atoms. The Morgan fingerprint density at radius 3 is 2.31 bits per heavy atom. The van der Waals surface area contributed by atoms with Crippen molar-refractivity contribution in [3.63, 3.8) is 0 Å². The summed E-state index contributed by atoms with van der Waals surface area (Å²) in [5.41, 5.74) is -2.15. The number of Topliss-reactive ketones (excluding diaryl/α,β-unsaturated/α-hetero) is 1. The molecular formula is C21H34O5. The topological polar surface area (TPSA) is 98.0 Å². The van der Waals surface area contributed by atoms with Gasteiger partial charge in [0, 0.05) is 5.41 Å². The molecular weight excluding hydrogens is 332 g/mol. The SMILES string of the molecule is CC(=O)[C@H]1[C@H](O)[C@@H](O)[C@]2(O)[C@@H]3CC[C@H]4C[C@@H](O)CC[C@]4(C)[C@@H]3CC[C@]12C. The summed E-state index contributed by atoms with van der Waals surface area (Å²) in [7, 11) is 0. The normalized spacial score (nSPS) is 59.3. The zero-order valence-electron chi connectivity index (χ0n) is 16.2. The van der Waals surface area contributed by atoms with Gasteiger partial charge >= 0.3 is 0 Å². The molecule has 4 saturated carbocycles. The Labute approximate surface area is 155 Å². The molecule has 0 amide bonds. The van der Waals surface area contributed by atoms with Gasteiger partial charge < -0.3 is 20.4 Å². The minimum Gasteiger partial charge on any atom is -0.393 e. The predicted molar refractivity (Wildman–Crippen MR) is 96.1 cm³/mol. The van der Waals surface area contributed by atoms with Crippen LogP contribution in [0, 0.1) is 34.5 Å². The summed E-state index contributed by atoms with van der Waals surface area (Å²) in [5, 5.41) is 43.5. The number of hydrogen-bond donors (Lipinski definition) is 4. The largest absolute Gasteiger partial charge is 0.393 e. The van der Waals surface area contributed by atoms with Crippen LogP contribution in [0.4, 0.5) is 0 Å². The van der Waals surface area contributed by atoms with Crippen LogP contribution in [0.15, 0.2) is 0 Å². The van der Waals surface area contributed by atoms with E-state index in [1.807, 2.05) is 6.92 Å². The van der Waals surface area contributed by atoms with Crippen LogP contribution in [0.1, 0.15) is 65.7 Å². The maximum absolute atomic E-state index is 12.3. The first-order valence-corrected chi connectivity index (χ1v) is 10.3. The van der Waals surface area contributed by atoms with Gasteiger partial charge in [0.05, 0.1) is 18.1 Å². The molecule has 4 rings (SSSR count). The van der Waals surface area contributed by atoms with E-state index in [4.69, 9.17) is 0 Å². The minimum absolute atomic E-state index is 0.0538. The predicted octanol–water partition coefficient (Wildman–Crippen LogP) is 1.65. The first kappa shape index (κ1) is 18.9. The third-order valence-corrected chi connectivity index (χ3v) is 9.36. The van der Waals surface area contributed by atoms with E-state index in [9.17, 15) is 25.2 Å². The molecule has 0 radical (unpaired) electrons. The van der Waals surface area contributed by atoms with E-state index in [1.165, 1.54) is 6.92 Å². The highest BCUT2D eigenvalue weighted by Gasteiger charge is 2.74. The van der Waals surface area contributed by atoms with Gasteiger partial charge in [-0.25, -0.2) is 0 Å². The summed E-state index contributed by atoms with van der Waals surface area (Å²) in [6, 6.07) is 0. The van der Waals surface area contributed by atoms with E-state index in [0.717, 1.165) is 38.5 Å². The fourth-order valence-corrected chi connectivity index (χ4v) is 7.98. The number of aliphatic hydroxyl groups excluding tert-OH is 3. The van der Waals surface area contributed by atoms with Crippen LogP contribution in [0.5, 0.6) is 0 Å². The monoisotopic (exact) mass is 366 g/mol. The van der Waals surface area contributed by atoms with E-state index in [-0.39, 0.29) is 29.1 Å². The van der Waals surface area contributed by atoms with Crippen LogP contribution >= 0.6 is 0 Å². The molecule has 4 aliphatic rings. The fraction of sp³-hybridized carbons (Fsp3) is 0.952. The molecule has 0 bridgehead atoms. The van der Waals surface area contributed by atoms with E-state index >= 15 is 0 Å². The molecule has 148 valence electrons. The number of carbonyl (C=O) groups is 1. The van der Waals surface area contributed by atoms with Gasteiger partial charge in [-0.3, -0.25) is 4.79 Å². The number of hydrogen-bond acceptors (Lipinski definition) is 5. The molecule has 0 aliphatic heterocycles. The van der Waals surface area contributed by atoms with Crippen LogP contribution in [-0.4, -0.2) is 50.1 Å². The third-order valence-electron chi connectivity index (χ3n) is 9.36. The minimum atomic E-state index is -1.42. The van der Waals surface area contributed by atoms with E-state index in [1.54, 1.807) is 0 Å². The molecule has 0 aromatic carbocycles. The molecule has 4 fully saturated rings. The average molecular weight is 366 g/mol. The van der Waals surface area contributed by atoms with Crippen LogP contribution < -0.4 is 0 Å². The van der Waals surface area contributed by atoms with Gasteiger partial charge in [0.25, 0.3) is 0 Å². The summed E-state index contributed by atoms with van der Waals surface area (Å²) in [4.78, 5) is 12.3. The Bertz CT molecular complexity index is 607. The Kier molecular flexibility index (Phi) is 4.17. The summed E-state index contributed by atoms with van der Waals surface area (Å²) < 4.78 is 0. The fourth-order valence-electron chi connectivity index (χ4n) is 7.98. The maximum Gasteiger partial charge on any atom is 0.136 e. The van der Waals surface area contributed by atoms with Crippen LogP contribution in [0.25, 0.3) is 0 Å². The Balaban J connectivity index is 1.74. The lowest BCUT2D eigenvalue weighted by atomic mass is 9.43. The first-order valence-electron chi connectivity index (χ1n) is 10.3. The van der Waals surface area contributed by atoms with Crippen molar-refractivity contribution < 1.29 is 25.2 Å². The van der Waals surface area contributed by atoms with E-state index in [0.29, 0.717) is 12.3 Å². The van der Waals surface area contributed by atoms with Gasteiger partial charge in [-0.05, 0) is 75.0 Å². The second-order valence-electron chi connectivity index (χ2n) is 10.2. The molecule has 0 aromatic rings. The van der Waals surface area contributed by atoms with Crippen molar-refractivity contribution >= 4 is 5.78 Å². The highest BCUT2D eigenvalue weighted by Crippen LogP contribution is 2.69. The molecule has 10 atom stereocenters. The van der Waals surface area contributed by atoms with Crippen molar-refractivity contribution in [2.75, 3.05) is 0 Å². The Hall–Kier alpha value is -0.490. The molecule has 0 saturated heterocycles. The van der Waals surface area contributed by atoms with Crippen molar-refractivity contribution in [3.05, 3.63) is 0 Å². The second kappa shape index (κ2) is 5.76. The molecule has 0 heterocycles. The summed E-state index contributed by atoms with van der Waals surface area (Å²) in [5.74, 6) is -0.241. The van der Waals surface area contributed by atoms with Gasteiger partial charge in [0.15, 0.2) is 0 Å². The average Bonchev–Trinajstić information content (AvgIpc) is 2.73. The highest BCUT2D eigenvalue weighted by atomic mass is 16.4. The molecule has 4 N–H and O–H groups in total. The van der Waals surface area contributed by atoms with Gasteiger partial charge in [0.2, 0.25) is 0 Å². The second-order valence-corrected chi connectivity index (χ2v) is 10.2. The molecule has 0 spiro atoms. The standard InChI is InChI=1S/C21H34O5/c1-11(22)16-17(24)18(25)21(26)15-5-4-12-10-13(23)6-8-19(12,2)14(15)7-9-20(16,21)3/h12-18,23-26H,4-10H2,1-3H3/t12-,13-,14+,15+,16-,17-,18+,19-,20+,21+/m0/s1. The molecule has 0 unspecified atom stereocenters. The lowest BCUT2D eigenvalue weighted by Gasteiger charge is -2.63. The van der Waals surface area contributed by atoms with Crippen molar-refractivity contribution in [2.45, 2.75) is 89.6 Å². The van der Waals surface area contributed by atoms with Gasteiger partial charge in [0.1, 0.15) is 17.5 Å². The summed E-state index contributed by atoms with van der Waals surface area (Å²) in [6.45, 7) is 5.66. The summed E-state index contributed by atoms with van der Waals surface area (Å²) in [6.07, 6.45) is 3.17. The smallest absolute Gasteiger partial charge is 0.136 e. The number of rotatable bonds is 1. The van der Waals surface area contributed by atoms with Gasteiger partial charge in [-0.2, -0.15) is 0 Å². The van der Waals surface area contributed by atoms with Gasteiger partial charge in [-0.15, -0.1) is 0 Å². The van der Waals surface area contributed by atoms with Crippen molar-refractivity contribution in [2.24, 2.45) is 34.5 Å². The van der Waals surface area contributed by atoms with Crippen molar-refractivity contribution in [1.82, 2.24) is 0 Å². The van der Waals surface area contributed by atoms with E-state index in [2.05, 4.69) is 6.92 Å². The number of fused-ring (bicyclic) bond motifs is 5. The third kappa shape index (κ3) is 2.09. The first-order chi connectivity index (χ1) is 12.1. The van der Waals surface area contributed by atoms with Gasteiger partial charge in [-0.1, -0.05) is 13.8 Å². The Morgan fingerprint density at radius 2 is 1.65 bits per heavy atom. The van der Waals surface area contributed by atoms with Crippen molar-refractivity contribution in [1.29, 1.82) is 0 Å². The Morgan fingerprint density at radius 1 is 0.962 bits per heavy atom. The summed E-state index contributed by atoms with van der Waals surface area (Å²) >= 11 is 0. The highest BCUT2D eigenvalue weighted by molar-refractivity contribution is 5.81. The zero-order chi connectivity index (χ0) is 19.1. The number of ketones is 1. The molecule has 5 nitrogen and oxygen atoms in total. The molecule has 5 heteroatoms. The lowest BCUT2D eigenvalue weighted by molar-refractivity contribution is -0.238. The van der Waals surface area contributed by atoms with Crippen LogP contribution in [0.2, 0.25) is 0 Å². The molecule has 4 aliphatic carbocycles. The van der Waals surface area contributed by atoms with Crippen molar-refractivity contribution in [3.8, 4) is 0 Å². The maximum atomic E-state index is 12.3. The quantitative estimate of drug-likeness (QED) is 0.566. The zero-order valence-corrected chi connectivity index (χ0v) is 16.2. The number of carbonyl (C=O) groups excluding carboxylic acids is 1. The number of aliphatic hydroxyl groups is 4. The lowest BCUT2D eigenvalue weighted by Crippen LogP contribution is -2.65. The van der Waals surface area contributed by atoms with E-state index < -0.39 is 29.1 Å². The van der Waals surface area contributed by atoms with Crippen LogP contribution in [0.3, 0.4) is 0 Å².